The zero-order valence-corrected chi connectivity index (χ0v) is 12.6. The van der Waals surface area contributed by atoms with Gasteiger partial charge in [-0.1, -0.05) is 32.4 Å². The normalized spacial score (nSPS) is 25.1. The molecule has 0 aromatic heterocycles. The van der Waals surface area contributed by atoms with Gasteiger partial charge >= 0.3 is 0 Å². The molecule has 0 saturated carbocycles. The second kappa shape index (κ2) is 7.30. The Hall–Kier alpha value is -0.340. The van der Waals surface area contributed by atoms with Crippen LogP contribution in [0.4, 0.5) is 0 Å². The van der Waals surface area contributed by atoms with E-state index in [9.17, 15) is 5.11 Å². The third-order valence-corrected chi connectivity index (χ3v) is 4.65. The molecule has 106 valence electrons. The summed E-state index contributed by atoms with van der Waals surface area (Å²) < 4.78 is 0. The van der Waals surface area contributed by atoms with Crippen molar-refractivity contribution in [1.82, 2.24) is 5.32 Å². The third kappa shape index (κ3) is 4.40. The summed E-state index contributed by atoms with van der Waals surface area (Å²) in [6, 6.07) is 0. The highest BCUT2D eigenvalue weighted by atomic mass is 16.3. The highest BCUT2D eigenvalue weighted by Crippen LogP contribution is 2.28. The summed E-state index contributed by atoms with van der Waals surface area (Å²) in [5.41, 5.74) is 1.63. The van der Waals surface area contributed by atoms with Crippen molar-refractivity contribution < 1.29 is 5.11 Å². The molecule has 0 saturated heterocycles. The lowest BCUT2D eigenvalue weighted by molar-refractivity contribution is 0.111. The van der Waals surface area contributed by atoms with Gasteiger partial charge in [-0.25, -0.2) is 0 Å². The molecule has 0 aliphatic heterocycles. The zero-order valence-electron chi connectivity index (χ0n) is 12.6. The summed E-state index contributed by atoms with van der Waals surface area (Å²) >= 11 is 0. The fourth-order valence-electron chi connectivity index (χ4n) is 3.16. The average molecular weight is 253 g/mol. The van der Waals surface area contributed by atoms with Gasteiger partial charge < -0.3 is 10.4 Å². The Morgan fingerprint density at radius 2 is 2.06 bits per heavy atom. The van der Waals surface area contributed by atoms with Crippen molar-refractivity contribution in [1.29, 1.82) is 0 Å². The summed E-state index contributed by atoms with van der Waals surface area (Å²) in [5, 5.41) is 13.2. The van der Waals surface area contributed by atoms with Crippen LogP contribution in [0.3, 0.4) is 0 Å². The molecule has 0 amide bonds. The molecule has 2 nitrogen and oxygen atoms in total. The van der Waals surface area contributed by atoms with E-state index >= 15 is 0 Å². The van der Waals surface area contributed by atoms with E-state index in [4.69, 9.17) is 0 Å². The molecule has 0 aromatic carbocycles. The molecule has 0 fully saturated rings. The highest BCUT2D eigenvalue weighted by molar-refractivity contribution is 5.06. The quantitative estimate of drug-likeness (QED) is 0.682. The summed E-state index contributed by atoms with van der Waals surface area (Å²) in [4.78, 5) is 0. The van der Waals surface area contributed by atoms with Crippen LogP contribution in [0.25, 0.3) is 0 Å². The van der Waals surface area contributed by atoms with Crippen LogP contribution >= 0.6 is 0 Å². The second-order valence-corrected chi connectivity index (χ2v) is 6.29. The smallest absolute Gasteiger partial charge is 0.0499 e. The van der Waals surface area contributed by atoms with E-state index in [-0.39, 0.29) is 5.41 Å². The summed E-state index contributed by atoms with van der Waals surface area (Å²) in [5.74, 6) is 1.50. The van der Waals surface area contributed by atoms with Crippen LogP contribution in [-0.4, -0.2) is 24.8 Å². The van der Waals surface area contributed by atoms with Crippen LogP contribution in [0.5, 0.6) is 0 Å². The van der Waals surface area contributed by atoms with Crippen molar-refractivity contribution in [3.05, 3.63) is 11.6 Å². The summed E-state index contributed by atoms with van der Waals surface area (Å²) in [6.07, 6.45) is 7.04. The van der Waals surface area contributed by atoms with Crippen molar-refractivity contribution >= 4 is 0 Å². The van der Waals surface area contributed by atoms with Crippen molar-refractivity contribution in [3.63, 3.8) is 0 Å². The number of aliphatic hydroxyl groups excluding tert-OH is 1. The molecule has 0 heterocycles. The van der Waals surface area contributed by atoms with Gasteiger partial charge in [-0.05, 0) is 51.0 Å². The number of rotatable bonds is 7. The van der Waals surface area contributed by atoms with Gasteiger partial charge in [0.2, 0.25) is 0 Å². The maximum atomic E-state index is 9.55. The molecule has 0 spiro atoms. The van der Waals surface area contributed by atoms with Crippen LogP contribution in [0.1, 0.15) is 53.4 Å². The Balaban J connectivity index is 2.35. The molecular formula is C16H31NO. The van der Waals surface area contributed by atoms with Crippen LogP contribution in [0.2, 0.25) is 0 Å². The van der Waals surface area contributed by atoms with Gasteiger partial charge in [0.25, 0.3) is 0 Å². The lowest BCUT2D eigenvalue weighted by Crippen LogP contribution is -2.39. The van der Waals surface area contributed by atoms with E-state index in [1.54, 1.807) is 5.57 Å². The standard InChI is InChI=1S/C16H31NO/c1-5-16(6-2,12-18)11-17-10-15-8-13(3)7-14(4)9-15/h7,13,15,17-18H,5-6,8-12H2,1-4H3. The third-order valence-electron chi connectivity index (χ3n) is 4.65. The van der Waals surface area contributed by atoms with Gasteiger partial charge in [0, 0.05) is 18.6 Å². The zero-order chi connectivity index (χ0) is 13.6. The predicted molar refractivity (Wildman–Crippen MR) is 78.6 cm³/mol. The Morgan fingerprint density at radius 3 is 2.56 bits per heavy atom. The monoisotopic (exact) mass is 253 g/mol. The number of hydrogen-bond donors (Lipinski definition) is 2. The Labute approximate surface area is 113 Å². The molecule has 0 radical (unpaired) electrons. The first kappa shape index (κ1) is 15.7. The first-order valence-corrected chi connectivity index (χ1v) is 7.54. The van der Waals surface area contributed by atoms with Crippen LogP contribution in [-0.2, 0) is 0 Å². The van der Waals surface area contributed by atoms with E-state index in [0.717, 1.165) is 37.8 Å². The van der Waals surface area contributed by atoms with Gasteiger partial charge in [-0.15, -0.1) is 0 Å². The van der Waals surface area contributed by atoms with E-state index < -0.39 is 0 Å². The first-order chi connectivity index (χ1) is 8.55. The number of aliphatic hydroxyl groups is 1. The summed E-state index contributed by atoms with van der Waals surface area (Å²) in [6.45, 7) is 11.3. The van der Waals surface area contributed by atoms with Crippen LogP contribution in [0.15, 0.2) is 11.6 Å². The van der Waals surface area contributed by atoms with Gasteiger partial charge in [0.1, 0.15) is 0 Å². The van der Waals surface area contributed by atoms with Gasteiger partial charge in [-0.3, -0.25) is 0 Å². The van der Waals surface area contributed by atoms with Gasteiger partial charge in [0.05, 0.1) is 0 Å². The Kier molecular flexibility index (Phi) is 6.37. The van der Waals surface area contributed by atoms with Crippen molar-refractivity contribution in [2.45, 2.75) is 53.4 Å². The molecule has 2 atom stereocenters. The van der Waals surface area contributed by atoms with E-state index in [1.807, 2.05) is 0 Å². The molecule has 1 aliphatic carbocycles. The molecule has 18 heavy (non-hydrogen) atoms. The van der Waals surface area contributed by atoms with E-state index in [2.05, 4.69) is 39.1 Å². The predicted octanol–water partition coefficient (Wildman–Crippen LogP) is 3.37. The molecule has 2 heteroatoms. The molecule has 2 N–H and O–H groups in total. The summed E-state index contributed by atoms with van der Waals surface area (Å²) in [7, 11) is 0. The lowest BCUT2D eigenvalue weighted by Gasteiger charge is -2.32. The van der Waals surface area contributed by atoms with Crippen LogP contribution < -0.4 is 5.32 Å². The molecule has 0 bridgehead atoms. The second-order valence-electron chi connectivity index (χ2n) is 6.29. The average Bonchev–Trinajstić information content (AvgIpc) is 2.34. The lowest BCUT2D eigenvalue weighted by atomic mass is 9.81. The van der Waals surface area contributed by atoms with Crippen molar-refractivity contribution in [3.8, 4) is 0 Å². The van der Waals surface area contributed by atoms with Crippen molar-refractivity contribution in [2.75, 3.05) is 19.7 Å². The topological polar surface area (TPSA) is 32.3 Å². The highest BCUT2D eigenvalue weighted by Gasteiger charge is 2.25. The fourth-order valence-corrected chi connectivity index (χ4v) is 3.16. The minimum atomic E-state index is 0.0885. The largest absolute Gasteiger partial charge is 0.396 e. The SMILES string of the molecule is CCC(CC)(CO)CNCC1CC(C)=CC(C)C1. The minimum absolute atomic E-state index is 0.0885. The number of nitrogens with one attached hydrogen (secondary N) is 1. The first-order valence-electron chi connectivity index (χ1n) is 7.54. The Morgan fingerprint density at radius 1 is 1.39 bits per heavy atom. The Bertz CT molecular complexity index is 260. The van der Waals surface area contributed by atoms with Crippen LogP contribution in [0, 0.1) is 17.3 Å². The molecule has 0 aromatic rings. The molecule has 1 aliphatic rings. The minimum Gasteiger partial charge on any atom is -0.396 e. The molecular weight excluding hydrogens is 222 g/mol. The number of hydrogen-bond acceptors (Lipinski definition) is 2. The maximum absolute atomic E-state index is 9.55. The number of allylic oxidation sites excluding steroid dienone is 2. The fraction of sp³-hybridized carbons (Fsp3) is 0.875. The van der Waals surface area contributed by atoms with E-state index in [1.165, 1.54) is 12.8 Å². The maximum Gasteiger partial charge on any atom is 0.0499 e. The van der Waals surface area contributed by atoms with Gasteiger partial charge in [0.15, 0.2) is 0 Å². The van der Waals surface area contributed by atoms with Gasteiger partial charge in [-0.2, -0.15) is 0 Å². The molecule has 2 unspecified atom stereocenters. The molecule has 1 rings (SSSR count). The van der Waals surface area contributed by atoms with Crippen molar-refractivity contribution in [2.24, 2.45) is 17.3 Å². The van der Waals surface area contributed by atoms with E-state index in [0.29, 0.717) is 6.61 Å².